The van der Waals surface area contributed by atoms with Gasteiger partial charge in [0.2, 0.25) is 0 Å². The van der Waals surface area contributed by atoms with Gasteiger partial charge in [-0.1, -0.05) is 11.6 Å². The SMILES string of the molecule is Cc1c(C(=O)OC2CCCC2)cc(Cl)cc1S(=O)(=O)Cl. The van der Waals surface area contributed by atoms with E-state index >= 15 is 0 Å². The van der Waals surface area contributed by atoms with Gasteiger partial charge in [0.1, 0.15) is 6.10 Å². The van der Waals surface area contributed by atoms with Gasteiger partial charge in [0, 0.05) is 15.7 Å². The Labute approximate surface area is 127 Å². The number of halogens is 2. The van der Waals surface area contributed by atoms with E-state index in [1.807, 2.05) is 0 Å². The van der Waals surface area contributed by atoms with Crippen LogP contribution in [0.5, 0.6) is 0 Å². The van der Waals surface area contributed by atoms with Crippen molar-refractivity contribution in [3.8, 4) is 0 Å². The molecule has 4 nitrogen and oxygen atoms in total. The lowest BCUT2D eigenvalue weighted by atomic mass is 10.1. The van der Waals surface area contributed by atoms with Crippen molar-refractivity contribution in [3.05, 3.63) is 28.3 Å². The predicted molar refractivity (Wildman–Crippen MR) is 76.9 cm³/mol. The van der Waals surface area contributed by atoms with Gasteiger partial charge >= 0.3 is 5.97 Å². The Morgan fingerprint density at radius 1 is 1.30 bits per heavy atom. The molecule has 0 atom stereocenters. The van der Waals surface area contributed by atoms with E-state index in [1.165, 1.54) is 19.1 Å². The minimum atomic E-state index is -3.96. The van der Waals surface area contributed by atoms with Crippen molar-refractivity contribution >= 4 is 37.3 Å². The first kappa shape index (κ1) is 15.6. The van der Waals surface area contributed by atoms with Crippen LogP contribution >= 0.6 is 22.3 Å². The van der Waals surface area contributed by atoms with Gasteiger partial charge in [-0.05, 0) is 50.3 Å². The standard InChI is InChI=1S/C13H14Cl2O4S/c1-8-11(13(16)19-10-4-2-3-5-10)6-9(14)7-12(8)20(15,17)18/h6-7,10H,2-5H2,1H3. The maximum atomic E-state index is 12.1. The molecule has 0 aromatic heterocycles. The van der Waals surface area contributed by atoms with E-state index in [1.54, 1.807) is 0 Å². The molecule has 7 heteroatoms. The van der Waals surface area contributed by atoms with Gasteiger partial charge in [0.25, 0.3) is 9.05 Å². The van der Waals surface area contributed by atoms with Crippen molar-refractivity contribution in [1.82, 2.24) is 0 Å². The summed E-state index contributed by atoms with van der Waals surface area (Å²) in [4.78, 5) is 12.0. The first-order valence-corrected chi connectivity index (χ1v) is 8.93. The fourth-order valence-corrected chi connectivity index (χ4v) is 3.85. The van der Waals surface area contributed by atoms with Crippen LogP contribution in [0.4, 0.5) is 0 Å². The van der Waals surface area contributed by atoms with Crippen LogP contribution in [-0.2, 0) is 13.8 Å². The molecule has 1 aliphatic rings. The monoisotopic (exact) mass is 336 g/mol. The molecule has 1 aromatic rings. The predicted octanol–water partition coefficient (Wildman–Crippen LogP) is 3.68. The molecule has 0 amide bonds. The summed E-state index contributed by atoms with van der Waals surface area (Å²) in [7, 11) is 1.38. The van der Waals surface area contributed by atoms with Crippen LogP contribution in [0.3, 0.4) is 0 Å². The summed E-state index contributed by atoms with van der Waals surface area (Å²) < 4.78 is 28.3. The number of hydrogen-bond acceptors (Lipinski definition) is 4. The Morgan fingerprint density at radius 2 is 1.90 bits per heavy atom. The number of benzene rings is 1. The minimum absolute atomic E-state index is 0.100. The molecule has 20 heavy (non-hydrogen) atoms. The number of ether oxygens (including phenoxy) is 1. The molecular formula is C13H14Cl2O4S. The second-order valence-corrected chi connectivity index (χ2v) is 7.80. The normalized spacial score (nSPS) is 16.4. The molecule has 1 fully saturated rings. The first-order chi connectivity index (χ1) is 9.29. The number of carbonyl (C=O) groups is 1. The Morgan fingerprint density at radius 3 is 2.45 bits per heavy atom. The van der Waals surface area contributed by atoms with Crippen LogP contribution < -0.4 is 0 Å². The summed E-state index contributed by atoms with van der Waals surface area (Å²) in [6, 6.07) is 2.63. The highest BCUT2D eigenvalue weighted by molar-refractivity contribution is 8.13. The van der Waals surface area contributed by atoms with E-state index in [0.717, 1.165) is 25.7 Å². The second-order valence-electron chi connectivity index (χ2n) is 4.83. The number of carbonyl (C=O) groups excluding carboxylic acids is 1. The highest BCUT2D eigenvalue weighted by atomic mass is 35.7. The van der Waals surface area contributed by atoms with Gasteiger partial charge in [0.05, 0.1) is 10.5 Å². The van der Waals surface area contributed by atoms with Gasteiger partial charge < -0.3 is 4.74 Å². The Bertz CT molecular complexity index is 634. The smallest absolute Gasteiger partial charge is 0.338 e. The van der Waals surface area contributed by atoms with E-state index in [9.17, 15) is 13.2 Å². The van der Waals surface area contributed by atoms with Crippen molar-refractivity contribution in [2.75, 3.05) is 0 Å². The topological polar surface area (TPSA) is 60.4 Å². The molecule has 0 unspecified atom stereocenters. The summed E-state index contributed by atoms with van der Waals surface area (Å²) >= 11 is 5.86. The van der Waals surface area contributed by atoms with Crippen molar-refractivity contribution < 1.29 is 17.9 Å². The van der Waals surface area contributed by atoms with Gasteiger partial charge in [-0.2, -0.15) is 0 Å². The molecule has 0 radical (unpaired) electrons. The quantitative estimate of drug-likeness (QED) is 0.624. The fraction of sp³-hybridized carbons (Fsp3) is 0.462. The van der Waals surface area contributed by atoms with Crippen LogP contribution in [0, 0.1) is 6.92 Å². The molecule has 0 bridgehead atoms. The molecule has 0 aliphatic heterocycles. The number of esters is 1. The van der Waals surface area contributed by atoms with Crippen LogP contribution in [0.1, 0.15) is 41.6 Å². The zero-order valence-electron chi connectivity index (χ0n) is 10.9. The summed E-state index contributed by atoms with van der Waals surface area (Å²) in [5.41, 5.74) is 0.399. The minimum Gasteiger partial charge on any atom is -0.459 e. The van der Waals surface area contributed by atoms with Gasteiger partial charge in [-0.15, -0.1) is 0 Å². The summed E-state index contributed by atoms with van der Waals surface area (Å²) in [5, 5.41) is 0.133. The molecule has 1 saturated carbocycles. The van der Waals surface area contributed by atoms with Crippen LogP contribution in [0.15, 0.2) is 17.0 Å². The average Bonchev–Trinajstić information content (AvgIpc) is 2.83. The number of rotatable bonds is 3. The van der Waals surface area contributed by atoms with E-state index in [0.29, 0.717) is 0 Å². The second kappa shape index (κ2) is 5.92. The third-order valence-corrected chi connectivity index (χ3v) is 5.05. The molecule has 0 heterocycles. The van der Waals surface area contributed by atoms with Crippen molar-refractivity contribution in [1.29, 1.82) is 0 Å². The van der Waals surface area contributed by atoms with Gasteiger partial charge in [-0.3, -0.25) is 0 Å². The molecule has 2 rings (SSSR count). The van der Waals surface area contributed by atoms with E-state index in [2.05, 4.69) is 0 Å². The molecule has 1 aliphatic carbocycles. The highest BCUT2D eigenvalue weighted by Crippen LogP contribution is 2.29. The van der Waals surface area contributed by atoms with Crippen molar-refractivity contribution in [3.63, 3.8) is 0 Å². The lowest BCUT2D eigenvalue weighted by Crippen LogP contribution is -2.16. The Kier molecular flexibility index (Phi) is 4.62. The first-order valence-electron chi connectivity index (χ1n) is 6.25. The Balaban J connectivity index is 2.36. The van der Waals surface area contributed by atoms with Crippen LogP contribution in [0.25, 0.3) is 0 Å². The maximum Gasteiger partial charge on any atom is 0.338 e. The summed E-state index contributed by atoms with van der Waals surface area (Å²) in [6.45, 7) is 1.51. The lowest BCUT2D eigenvalue weighted by Gasteiger charge is -2.14. The summed E-state index contributed by atoms with van der Waals surface area (Å²) in [6.07, 6.45) is 3.65. The van der Waals surface area contributed by atoms with E-state index < -0.39 is 15.0 Å². The third-order valence-electron chi connectivity index (χ3n) is 3.38. The molecule has 110 valence electrons. The lowest BCUT2D eigenvalue weighted by molar-refractivity contribution is 0.0316. The van der Waals surface area contributed by atoms with E-state index in [-0.39, 0.29) is 27.1 Å². The fourth-order valence-electron chi connectivity index (χ4n) is 2.34. The molecule has 0 N–H and O–H groups in total. The van der Waals surface area contributed by atoms with Crippen molar-refractivity contribution in [2.24, 2.45) is 0 Å². The average molecular weight is 337 g/mol. The maximum absolute atomic E-state index is 12.1. The number of hydrogen-bond donors (Lipinski definition) is 0. The van der Waals surface area contributed by atoms with E-state index in [4.69, 9.17) is 27.0 Å². The highest BCUT2D eigenvalue weighted by Gasteiger charge is 2.24. The Hall–Kier alpha value is -0.780. The summed E-state index contributed by atoms with van der Waals surface area (Å²) in [5.74, 6) is -0.557. The zero-order valence-corrected chi connectivity index (χ0v) is 13.2. The zero-order chi connectivity index (χ0) is 14.9. The van der Waals surface area contributed by atoms with Gasteiger partial charge in [-0.25, -0.2) is 13.2 Å². The molecule has 0 spiro atoms. The molecule has 0 saturated heterocycles. The third kappa shape index (κ3) is 3.45. The van der Waals surface area contributed by atoms with Gasteiger partial charge in [0.15, 0.2) is 0 Å². The van der Waals surface area contributed by atoms with Crippen molar-refractivity contribution in [2.45, 2.75) is 43.6 Å². The van der Waals surface area contributed by atoms with Crippen LogP contribution in [-0.4, -0.2) is 20.5 Å². The molecule has 1 aromatic carbocycles. The molecular weight excluding hydrogens is 323 g/mol. The largest absolute Gasteiger partial charge is 0.459 e. The van der Waals surface area contributed by atoms with Crippen LogP contribution in [0.2, 0.25) is 5.02 Å².